The van der Waals surface area contributed by atoms with Gasteiger partial charge in [-0.3, -0.25) is 0 Å². The average molecular weight is 201 g/mol. The van der Waals surface area contributed by atoms with E-state index in [0.717, 1.165) is 0 Å². The third-order valence-corrected chi connectivity index (χ3v) is 3.15. The van der Waals surface area contributed by atoms with Crippen LogP contribution in [0.25, 0.3) is 10.9 Å². The Hall–Kier alpha value is -1.24. The van der Waals surface area contributed by atoms with Crippen LogP contribution < -0.4 is 0 Å². The number of nitrogens with zero attached hydrogens (tertiary/aromatic N) is 1. The zero-order valence-electron chi connectivity index (χ0n) is 10.3. The van der Waals surface area contributed by atoms with Crippen molar-refractivity contribution < 1.29 is 0 Å². The lowest BCUT2D eigenvalue weighted by Crippen LogP contribution is -2.10. The largest absolute Gasteiger partial charge is 0.348 e. The van der Waals surface area contributed by atoms with Crippen molar-refractivity contribution in [3.8, 4) is 0 Å². The van der Waals surface area contributed by atoms with Gasteiger partial charge in [-0.25, -0.2) is 0 Å². The van der Waals surface area contributed by atoms with Gasteiger partial charge in [0.25, 0.3) is 0 Å². The van der Waals surface area contributed by atoms with Crippen LogP contribution in [-0.2, 0) is 12.5 Å². The van der Waals surface area contributed by atoms with Crippen LogP contribution in [0.4, 0.5) is 0 Å². The minimum absolute atomic E-state index is 0.234. The van der Waals surface area contributed by atoms with Crippen molar-refractivity contribution in [3.63, 3.8) is 0 Å². The van der Waals surface area contributed by atoms with Crippen molar-refractivity contribution in [1.29, 1.82) is 0 Å². The minimum atomic E-state index is 0.234. The molecular weight excluding hydrogens is 182 g/mol. The van der Waals surface area contributed by atoms with Gasteiger partial charge >= 0.3 is 0 Å². The van der Waals surface area contributed by atoms with Crippen molar-refractivity contribution in [1.82, 2.24) is 4.57 Å². The first-order chi connectivity index (χ1) is 6.89. The summed E-state index contributed by atoms with van der Waals surface area (Å²) in [7, 11) is 2.12. The molecule has 0 N–H and O–H groups in total. The molecule has 0 radical (unpaired) electrons. The Labute approximate surface area is 91.7 Å². The molecule has 1 aromatic carbocycles. The van der Waals surface area contributed by atoms with E-state index in [2.05, 4.69) is 63.6 Å². The Morgan fingerprint density at radius 2 is 1.73 bits per heavy atom. The summed E-state index contributed by atoms with van der Waals surface area (Å²) in [6.45, 7) is 8.91. The number of benzene rings is 1. The van der Waals surface area contributed by atoms with Crippen LogP contribution in [-0.4, -0.2) is 4.57 Å². The molecule has 0 amide bonds. The second-order valence-electron chi connectivity index (χ2n) is 5.37. The molecule has 2 rings (SSSR count). The molecular formula is C14H19N. The Balaban J connectivity index is 2.67. The number of aryl methyl sites for hydroxylation is 2. The van der Waals surface area contributed by atoms with E-state index in [4.69, 9.17) is 0 Å². The number of rotatable bonds is 0. The molecule has 0 aliphatic carbocycles. The first-order valence-electron chi connectivity index (χ1n) is 5.46. The van der Waals surface area contributed by atoms with E-state index in [-0.39, 0.29) is 5.41 Å². The summed E-state index contributed by atoms with van der Waals surface area (Å²) in [5.41, 5.74) is 4.27. The van der Waals surface area contributed by atoms with Gasteiger partial charge in [0.2, 0.25) is 0 Å². The van der Waals surface area contributed by atoms with Crippen LogP contribution in [0.3, 0.4) is 0 Å². The van der Waals surface area contributed by atoms with Gasteiger partial charge in [-0.05, 0) is 36.1 Å². The standard InChI is InChI=1S/C14H19N/c1-10-8-11-9-12(14(2,3)4)6-7-13(11)15(10)5/h6-9H,1-5H3. The average Bonchev–Trinajstić information content (AvgIpc) is 2.41. The fraction of sp³-hybridized carbons (Fsp3) is 0.429. The Morgan fingerprint density at radius 3 is 2.33 bits per heavy atom. The van der Waals surface area contributed by atoms with Gasteiger partial charge in [0, 0.05) is 23.6 Å². The Bertz CT molecular complexity index is 498. The maximum atomic E-state index is 2.31. The molecule has 1 nitrogen and oxygen atoms in total. The maximum absolute atomic E-state index is 2.31. The minimum Gasteiger partial charge on any atom is -0.348 e. The monoisotopic (exact) mass is 201 g/mol. The molecule has 2 aromatic rings. The van der Waals surface area contributed by atoms with E-state index >= 15 is 0 Å². The van der Waals surface area contributed by atoms with Gasteiger partial charge in [-0.2, -0.15) is 0 Å². The summed E-state index contributed by atoms with van der Waals surface area (Å²) < 4.78 is 2.24. The van der Waals surface area contributed by atoms with E-state index in [1.807, 2.05) is 0 Å². The molecule has 0 fully saturated rings. The van der Waals surface area contributed by atoms with Crippen LogP contribution in [0.5, 0.6) is 0 Å². The molecule has 15 heavy (non-hydrogen) atoms. The second-order valence-corrected chi connectivity index (χ2v) is 5.37. The number of fused-ring (bicyclic) bond motifs is 1. The highest BCUT2D eigenvalue weighted by Crippen LogP contribution is 2.27. The predicted molar refractivity (Wildman–Crippen MR) is 66.4 cm³/mol. The molecule has 0 aliphatic rings. The highest BCUT2D eigenvalue weighted by Gasteiger charge is 2.14. The normalized spacial score (nSPS) is 12.3. The highest BCUT2D eigenvalue weighted by atomic mass is 14.9. The lowest BCUT2D eigenvalue weighted by atomic mass is 9.86. The first kappa shape index (κ1) is 10.3. The van der Waals surface area contributed by atoms with Crippen LogP contribution in [0.15, 0.2) is 24.3 Å². The molecule has 0 saturated carbocycles. The summed E-state index contributed by atoms with van der Waals surface area (Å²) in [6, 6.07) is 9.03. The van der Waals surface area contributed by atoms with Gasteiger partial charge < -0.3 is 4.57 Å². The van der Waals surface area contributed by atoms with Crippen LogP contribution >= 0.6 is 0 Å². The van der Waals surface area contributed by atoms with Crippen molar-refractivity contribution in [3.05, 3.63) is 35.5 Å². The van der Waals surface area contributed by atoms with E-state index < -0.39 is 0 Å². The zero-order valence-corrected chi connectivity index (χ0v) is 10.3. The van der Waals surface area contributed by atoms with Crippen LogP contribution in [0.2, 0.25) is 0 Å². The lowest BCUT2D eigenvalue weighted by molar-refractivity contribution is 0.591. The zero-order chi connectivity index (χ0) is 11.2. The highest BCUT2D eigenvalue weighted by molar-refractivity contribution is 5.82. The first-order valence-corrected chi connectivity index (χ1v) is 5.46. The predicted octanol–water partition coefficient (Wildman–Crippen LogP) is 3.78. The fourth-order valence-electron chi connectivity index (χ4n) is 1.95. The van der Waals surface area contributed by atoms with E-state index in [0.29, 0.717) is 0 Å². The molecule has 0 unspecified atom stereocenters. The third kappa shape index (κ3) is 1.67. The molecule has 0 aliphatic heterocycles. The molecule has 1 aromatic heterocycles. The molecule has 80 valence electrons. The van der Waals surface area contributed by atoms with Gasteiger partial charge in [0.1, 0.15) is 0 Å². The second kappa shape index (κ2) is 3.13. The fourth-order valence-corrected chi connectivity index (χ4v) is 1.95. The van der Waals surface area contributed by atoms with Crippen molar-refractivity contribution >= 4 is 10.9 Å². The van der Waals surface area contributed by atoms with Gasteiger partial charge in [-0.1, -0.05) is 26.8 Å². The molecule has 0 spiro atoms. The van der Waals surface area contributed by atoms with Crippen molar-refractivity contribution in [2.24, 2.45) is 7.05 Å². The SMILES string of the molecule is Cc1cc2cc(C(C)(C)C)ccc2n1C. The van der Waals surface area contributed by atoms with E-state index in [9.17, 15) is 0 Å². The summed E-state index contributed by atoms with van der Waals surface area (Å²) in [5.74, 6) is 0. The Kier molecular flexibility index (Phi) is 2.14. The van der Waals surface area contributed by atoms with Gasteiger partial charge in [-0.15, -0.1) is 0 Å². The number of aromatic nitrogens is 1. The van der Waals surface area contributed by atoms with Gasteiger partial charge in [0.15, 0.2) is 0 Å². The lowest BCUT2D eigenvalue weighted by Gasteiger charge is -2.18. The van der Waals surface area contributed by atoms with Crippen molar-refractivity contribution in [2.75, 3.05) is 0 Å². The van der Waals surface area contributed by atoms with Crippen LogP contribution in [0, 0.1) is 6.92 Å². The molecule has 0 bridgehead atoms. The van der Waals surface area contributed by atoms with E-state index in [1.165, 1.54) is 22.2 Å². The summed E-state index contributed by atoms with van der Waals surface area (Å²) in [6.07, 6.45) is 0. The van der Waals surface area contributed by atoms with Gasteiger partial charge in [0.05, 0.1) is 0 Å². The maximum Gasteiger partial charge on any atom is 0.0479 e. The van der Waals surface area contributed by atoms with Crippen LogP contribution in [0.1, 0.15) is 32.0 Å². The summed E-state index contributed by atoms with van der Waals surface area (Å²) >= 11 is 0. The number of hydrogen-bond donors (Lipinski definition) is 0. The summed E-state index contributed by atoms with van der Waals surface area (Å²) in [4.78, 5) is 0. The third-order valence-electron chi connectivity index (χ3n) is 3.15. The Morgan fingerprint density at radius 1 is 1.07 bits per heavy atom. The molecule has 1 heterocycles. The molecule has 0 saturated heterocycles. The molecule has 1 heteroatoms. The molecule has 0 atom stereocenters. The quantitative estimate of drug-likeness (QED) is 0.611. The smallest absolute Gasteiger partial charge is 0.0479 e. The summed E-state index contributed by atoms with van der Waals surface area (Å²) in [5, 5.41) is 1.35. The topological polar surface area (TPSA) is 4.93 Å². The van der Waals surface area contributed by atoms with Crippen molar-refractivity contribution in [2.45, 2.75) is 33.1 Å². The van der Waals surface area contributed by atoms with E-state index in [1.54, 1.807) is 0 Å². The number of hydrogen-bond acceptors (Lipinski definition) is 0.